The van der Waals surface area contributed by atoms with Crippen LogP contribution in [0.4, 0.5) is 0 Å². The van der Waals surface area contributed by atoms with Gasteiger partial charge in [-0.15, -0.1) is 0 Å². The molecule has 0 bridgehead atoms. The molecular weight excluding hydrogens is 1020 g/mol. The number of benzene rings is 1. The van der Waals surface area contributed by atoms with Crippen molar-refractivity contribution in [3.05, 3.63) is 29.8 Å². The van der Waals surface area contributed by atoms with Crippen molar-refractivity contribution in [2.24, 2.45) is 29.6 Å². The molecule has 0 aliphatic carbocycles. The second-order valence-electron chi connectivity index (χ2n) is 22.5. The number of carbonyl (C=O) groups is 11. The third-order valence-electron chi connectivity index (χ3n) is 15.3. The third kappa shape index (κ3) is 16.6. The van der Waals surface area contributed by atoms with Crippen LogP contribution < -0.4 is 20.7 Å². The molecule has 0 aromatic heterocycles. The van der Waals surface area contributed by atoms with Crippen LogP contribution in [0.2, 0.25) is 0 Å². The minimum atomic E-state index is -1.69. The Hall–Kier alpha value is -6.81. The zero-order chi connectivity index (χ0) is 60.1. The summed E-state index contributed by atoms with van der Waals surface area (Å²) in [5.74, 6) is -11.5. The number of amides is 9. The predicted molar refractivity (Wildman–Crippen MR) is 292 cm³/mol. The van der Waals surface area contributed by atoms with Crippen LogP contribution in [0.3, 0.4) is 0 Å². The van der Waals surface area contributed by atoms with E-state index in [9.17, 15) is 57.8 Å². The number of carboxylic acids is 1. The van der Waals surface area contributed by atoms with Crippen LogP contribution in [0.15, 0.2) is 24.3 Å². The van der Waals surface area contributed by atoms with Gasteiger partial charge in [0.1, 0.15) is 54.1 Å². The Morgan fingerprint density at radius 2 is 1.18 bits per heavy atom. The van der Waals surface area contributed by atoms with Crippen molar-refractivity contribution in [1.29, 1.82) is 0 Å². The average Bonchev–Trinajstić information content (AvgIpc) is 3.41. The number of hydrogen-bond donors (Lipinski definition) is 4. The van der Waals surface area contributed by atoms with Crippen LogP contribution >= 0.6 is 0 Å². The molecule has 2 saturated heterocycles. The zero-order valence-electron chi connectivity index (χ0n) is 49.5. The number of cyclic esters (lactones) is 1. The van der Waals surface area contributed by atoms with Crippen LogP contribution in [-0.4, -0.2) is 209 Å². The van der Waals surface area contributed by atoms with E-state index in [2.05, 4.69) is 16.0 Å². The van der Waals surface area contributed by atoms with Crippen molar-refractivity contribution in [1.82, 2.24) is 45.3 Å². The minimum absolute atomic E-state index is 0.106. The summed E-state index contributed by atoms with van der Waals surface area (Å²) in [5, 5.41) is 18.3. The van der Waals surface area contributed by atoms with Crippen molar-refractivity contribution in [2.75, 3.05) is 55.4 Å². The quantitative estimate of drug-likeness (QED) is 0.231. The Labute approximate surface area is 466 Å². The molecule has 23 nitrogen and oxygen atoms in total. The van der Waals surface area contributed by atoms with E-state index in [0.29, 0.717) is 30.6 Å². The van der Waals surface area contributed by atoms with E-state index in [1.165, 1.54) is 64.0 Å². The number of carbonyl (C=O) groups excluding carboxylic acids is 10. The summed E-state index contributed by atoms with van der Waals surface area (Å²) < 4.78 is 11.1. The Morgan fingerprint density at radius 3 is 1.70 bits per heavy atom. The third-order valence-corrected chi connectivity index (χ3v) is 15.3. The second-order valence-corrected chi connectivity index (χ2v) is 22.5. The van der Waals surface area contributed by atoms with Crippen molar-refractivity contribution in [2.45, 2.75) is 169 Å². The highest BCUT2D eigenvalue weighted by atomic mass is 16.5. The van der Waals surface area contributed by atoms with Crippen LogP contribution in [0.1, 0.15) is 114 Å². The lowest BCUT2D eigenvalue weighted by atomic mass is 9.94. The van der Waals surface area contributed by atoms with Gasteiger partial charge in [0.15, 0.2) is 6.10 Å². The fraction of sp³-hybridized carbons (Fsp3) is 0.696. The van der Waals surface area contributed by atoms with Gasteiger partial charge in [-0.05, 0) is 73.5 Å². The van der Waals surface area contributed by atoms with E-state index in [-0.39, 0.29) is 19.4 Å². The molecule has 10 atom stereocenters. The zero-order valence-corrected chi connectivity index (χ0v) is 49.5. The molecule has 23 heteroatoms. The number of aliphatic carboxylic acids is 1. The first-order chi connectivity index (χ1) is 36.8. The Bertz CT molecular complexity index is 2360. The number of piperidine rings is 1. The Kier molecular flexibility index (Phi) is 24.8. The van der Waals surface area contributed by atoms with Gasteiger partial charge >= 0.3 is 11.9 Å². The molecule has 0 spiro atoms. The maximum Gasteiger partial charge on any atom is 0.329 e. The molecule has 442 valence electrons. The molecule has 0 saturated carbocycles. The number of fused-ring (bicyclic) bond motifs is 1. The SMILES string of the molecule is CC[C@@H](C)[C@@H]1C(=O)NCC(=O)N(C)[C@@H](C(C)C)C(=O)N[C@@H](Cc2ccc(OC)cc2)C(=O)O[C@@H](C)C(=O)N2CCCC[C@H]2C(=O)N(C)[C@H](C(C)C)C(=O)N[C@@H](C(C)C)C(=O)N(C)[C@@H](CC(=O)O)C(=O)N(C)[C@@H](C(C)C)C(=O)N1C. The van der Waals surface area contributed by atoms with Crippen LogP contribution in [0, 0.1) is 29.6 Å². The van der Waals surface area contributed by atoms with E-state index in [1.54, 1.807) is 93.5 Å². The van der Waals surface area contributed by atoms with Crippen molar-refractivity contribution >= 4 is 65.1 Å². The van der Waals surface area contributed by atoms with Gasteiger partial charge in [0.2, 0.25) is 47.3 Å². The standard InChI is InChI=1S/C56H89N9O14/c1-18-34(10)47-48(69)57-29-41(66)61(13)44(31(4)5)49(70)58-38(27-36-22-24-37(78-17)25-23-36)56(77)79-35(11)51(72)65-26-20-19-21-39(65)52(73)62(14)45(32(6)7)50(71)59-43(30(2)3)54(75)60(12)40(28-42(67)68)53(74)63(15)46(33(8)9)55(76)64(47)16/h22-25,30-35,38-40,43-47H,18-21,26-29H2,1-17H3,(H,57,69)(H,58,70)(H,59,71)(H,67,68)/t34-,35+,38+,39+,40+,43+,44+,45-,46+,47-/m1/s1. The van der Waals surface area contributed by atoms with Gasteiger partial charge in [0, 0.05) is 48.2 Å². The molecule has 9 amide bonds. The van der Waals surface area contributed by atoms with Gasteiger partial charge in [-0.1, -0.05) is 87.8 Å². The van der Waals surface area contributed by atoms with E-state index in [0.717, 1.165) is 14.7 Å². The number of rotatable bonds is 11. The van der Waals surface area contributed by atoms with Gasteiger partial charge in [-0.2, -0.15) is 0 Å². The molecule has 0 radical (unpaired) electrons. The summed E-state index contributed by atoms with van der Waals surface area (Å²) >= 11 is 0. The Morgan fingerprint density at radius 1 is 0.646 bits per heavy atom. The lowest BCUT2D eigenvalue weighted by molar-refractivity contribution is -0.165. The van der Waals surface area contributed by atoms with Gasteiger partial charge in [0.25, 0.3) is 5.91 Å². The van der Waals surface area contributed by atoms with E-state index in [1.807, 2.05) is 0 Å². The molecule has 2 aliphatic rings. The number of esters is 1. The summed E-state index contributed by atoms with van der Waals surface area (Å²) in [7, 11) is 8.19. The van der Waals surface area contributed by atoms with Crippen LogP contribution in [0.5, 0.6) is 5.75 Å². The molecule has 2 fully saturated rings. The largest absolute Gasteiger partial charge is 0.497 e. The highest BCUT2D eigenvalue weighted by molar-refractivity contribution is 5.99. The first kappa shape index (κ1) is 66.5. The lowest BCUT2D eigenvalue weighted by Gasteiger charge is -2.41. The molecule has 1 aromatic rings. The smallest absolute Gasteiger partial charge is 0.329 e. The van der Waals surface area contributed by atoms with E-state index < -0.39 is 162 Å². The first-order valence-electron chi connectivity index (χ1n) is 27.4. The lowest BCUT2D eigenvalue weighted by Crippen LogP contribution is -2.63. The first-order valence-corrected chi connectivity index (χ1v) is 27.4. The van der Waals surface area contributed by atoms with E-state index in [4.69, 9.17) is 9.47 Å². The monoisotopic (exact) mass is 1110 g/mol. The number of nitrogens with zero attached hydrogens (tertiary/aromatic N) is 6. The summed E-state index contributed by atoms with van der Waals surface area (Å²) in [6, 6.07) is -3.79. The van der Waals surface area contributed by atoms with Gasteiger partial charge in [-0.25, -0.2) is 4.79 Å². The maximum atomic E-state index is 14.7. The average molecular weight is 1110 g/mol. The molecule has 3 rings (SSSR count). The summed E-state index contributed by atoms with van der Waals surface area (Å²) in [4.78, 5) is 164. The summed E-state index contributed by atoms with van der Waals surface area (Å²) in [6.45, 7) is 17.7. The fourth-order valence-electron chi connectivity index (χ4n) is 10.5. The van der Waals surface area contributed by atoms with Gasteiger partial charge < -0.3 is 59.9 Å². The molecule has 0 unspecified atom stereocenters. The number of ether oxygens (including phenoxy) is 2. The number of nitrogens with one attached hydrogen (secondary N) is 3. The minimum Gasteiger partial charge on any atom is -0.497 e. The van der Waals surface area contributed by atoms with Gasteiger partial charge in [0.05, 0.1) is 20.1 Å². The second kappa shape index (κ2) is 29.4. The van der Waals surface area contributed by atoms with Crippen molar-refractivity contribution in [3.8, 4) is 5.75 Å². The molecule has 2 heterocycles. The normalized spacial score (nSPS) is 26.6. The molecule has 2 aliphatic heterocycles. The highest BCUT2D eigenvalue weighted by Gasteiger charge is 2.45. The van der Waals surface area contributed by atoms with Gasteiger partial charge in [-0.3, -0.25) is 47.9 Å². The molecule has 1 aromatic carbocycles. The predicted octanol–water partition coefficient (Wildman–Crippen LogP) is 1.93. The van der Waals surface area contributed by atoms with Crippen LogP contribution in [-0.2, 0) is 63.9 Å². The topological polar surface area (TPSA) is 282 Å². The maximum absolute atomic E-state index is 14.7. The number of likely N-dealkylation sites (N-methyl/N-ethyl adjacent to an activating group) is 5. The molecule has 79 heavy (non-hydrogen) atoms. The van der Waals surface area contributed by atoms with Crippen molar-refractivity contribution < 1.29 is 67.3 Å². The number of carboxylic acid groups (broad SMARTS) is 1. The van der Waals surface area contributed by atoms with E-state index >= 15 is 0 Å². The fourth-order valence-corrected chi connectivity index (χ4v) is 10.5. The molecule has 4 N–H and O–H groups in total. The van der Waals surface area contributed by atoms with Crippen LogP contribution in [0.25, 0.3) is 0 Å². The number of methoxy groups -OCH3 is 1. The number of hydrogen-bond acceptors (Lipinski definition) is 13. The molecular formula is C56H89N9O14. The highest BCUT2D eigenvalue weighted by Crippen LogP contribution is 2.26. The Balaban J connectivity index is 2.26. The summed E-state index contributed by atoms with van der Waals surface area (Å²) in [6.07, 6.45) is -0.839. The summed E-state index contributed by atoms with van der Waals surface area (Å²) in [5.41, 5.74) is 0.580. The van der Waals surface area contributed by atoms with Crippen molar-refractivity contribution in [3.63, 3.8) is 0 Å².